The smallest absolute Gasteiger partial charge is 0.269 e. The van der Waals surface area contributed by atoms with Crippen molar-refractivity contribution in [2.75, 3.05) is 0 Å². The average Bonchev–Trinajstić information content (AvgIpc) is 3.20. The van der Waals surface area contributed by atoms with Gasteiger partial charge in [-0.25, -0.2) is 14.5 Å². The van der Waals surface area contributed by atoms with Crippen molar-refractivity contribution in [2.45, 2.75) is 6.92 Å². The number of non-ortho nitro benzene ring substituents is 1. The number of aromatic hydroxyl groups is 1. The molecule has 0 amide bonds. The summed E-state index contributed by atoms with van der Waals surface area (Å²) in [5, 5.41) is 27.2. The number of nitro groups is 1. The highest BCUT2D eigenvalue weighted by Crippen LogP contribution is 2.46. The highest BCUT2D eigenvalue weighted by molar-refractivity contribution is 6.07. The minimum Gasteiger partial charge on any atom is -0.507 e. The van der Waals surface area contributed by atoms with Crippen molar-refractivity contribution >= 4 is 22.4 Å². The normalized spacial score (nSPS) is 10.8. The van der Waals surface area contributed by atoms with Crippen LogP contribution in [0.5, 0.6) is 5.75 Å². The molecule has 0 aliphatic heterocycles. The molecule has 0 spiro atoms. The Balaban J connectivity index is 1.92. The molecule has 5 rings (SSSR count). The van der Waals surface area contributed by atoms with Crippen molar-refractivity contribution in [3.8, 4) is 33.8 Å². The van der Waals surface area contributed by atoms with E-state index in [4.69, 9.17) is 16.7 Å². The summed E-state index contributed by atoms with van der Waals surface area (Å²) >= 11 is 0. The summed E-state index contributed by atoms with van der Waals surface area (Å²) in [5.41, 5.74) is 4.06. The first-order valence-corrected chi connectivity index (χ1v) is 10.4. The van der Waals surface area contributed by atoms with E-state index in [2.05, 4.69) is 4.85 Å². The van der Waals surface area contributed by atoms with Crippen LogP contribution in [0.3, 0.4) is 0 Å². The molecule has 1 N–H and O–H groups in total. The zero-order chi connectivity index (χ0) is 23.8. The SMILES string of the molecule is [C-]#[N+]c1c(-c2ccc([N+](=O)[O-])cc2)nc2c(c(C)nn2-c2ccccc2)c1-c1ccccc1O. The van der Waals surface area contributed by atoms with Crippen LogP contribution in [-0.2, 0) is 0 Å². The molecule has 164 valence electrons. The molecule has 0 radical (unpaired) electrons. The van der Waals surface area contributed by atoms with Crippen molar-refractivity contribution in [3.63, 3.8) is 0 Å². The molecule has 2 heterocycles. The van der Waals surface area contributed by atoms with E-state index in [-0.39, 0.29) is 17.1 Å². The molecule has 0 aliphatic rings. The Kier molecular flexibility index (Phi) is 5.00. The lowest BCUT2D eigenvalue weighted by Gasteiger charge is -2.14. The number of para-hydroxylation sites is 2. The number of benzene rings is 3. The Morgan fingerprint density at radius 1 is 1.00 bits per heavy atom. The van der Waals surface area contributed by atoms with Crippen LogP contribution in [0.4, 0.5) is 11.4 Å². The highest BCUT2D eigenvalue weighted by Gasteiger charge is 2.25. The van der Waals surface area contributed by atoms with E-state index in [1.165, 1.54) is 12.1 Å². The molecule has 0 unspecified atom stereocenters. The minimum atomic E-state index is -0.475. The van der Waals surface area contributed by atoms with Crippen molar-refractivity contribution in [3.05, 3.63) is 106 Å². The second-order valence-electron chi connectivity index (χ2n) is 7.65. The van der Waals surface area contributed by atoms with E-state index in [0.29, 0.717) is 39.1 Å². The predicted molar refractivity (Wildman–Crippen MR) is 129 cm³/mol. The third kappa shape index (κ3) is 3.32. The molecule has 2 aromatic heterocycles. The van der Waals surface area contributed by atoms with Crippen LogP contribution < -0.4 is 0 Å². The lowest BCUT2D eigenvalue weighted by Crippen LogP contribution is -1.99. The van der Waals surface area contributed by atoms with E-state index in [1.807, 2.05) is 37.3 Å². The summed E-state index contributed by atoms with van der Waals surface area (Å²) in [6.45, 7) is 9.83. The van der Waals surface area contributed by atoms with Gasteiger partial charge in [0.05, 0.1) is 28.6 Å². The largest absolute Gasteiger partial charge is 0.507 e. The topological polar surface area (TPSA) is 98.4 Å². The first-order valence-electron chi connectivity index (χ1n) is 10.4. The van der Waals surface area contributed by atoms with Gasteiger partial charge in [0.15, 0.2) is 5.65 Å². The number of pyridine rings is 1. The number of aryl methyl sites for hydroxylation is 1. The van der Waals surface area contributed by atoms with Gasteiger partial charge in [-0.2, -0.15) is 5.10 Å². The van der Waals surface area contributed by atoms with Gasteiger partial charge in [0.2, 0.25) is 5.69 Å². The molecule has 0 aliphatic carbocycles. The summed E-state index contributed by atoms with van der Waals surface area (Å²) in [6, 6.07) is 22.2. The second-order valence-corrected chi connectivity index (χ2v) is 7.65. The molecular formula is C26H17N5O3. The van der Waals surface area contributed by atoms with E-state index in [0.717, 1.165) is 5.69 Å². The molecular weight excluding hydrogens is 430 g/mol. The fraction of sp³-hybridized carbons (Fsp3) is 0.0385. The van der Waals surface area contributed by atoms with Crippen molar-refractivity contribution in [1.29, 1.82) is 0 Å². The van der Waals surface area contributed by atoms with Gasteiger partial charge in [-0.3, -0.25) is 10.1 Å². The first-order chi connectivity index (χ1) is 16.5. The Morgan fingerprint density at radius 3 is 2.32 bits per heavy atom. The third-order valence-corrected chi connectivity index (χ3v) is 5.60. The molecule has 0 bridgehead atoms. The number of rotatable bonds is 4. The predicted octanol–water partition coefficient (Wildman–Crippen LogP) is 6.23. The monoisotopic (exact) mass is 447 g/mol. The number of aromatic nitrogens is 3. The molecule has 0 atom stereocenters. The van der Waals surface area contributed by atoms with Gasteiger partial charge in [0, 0.05) is 28.6 Å². The molecule has 0 saturated carbocycles. The Bertz CT molecular complexity index is 1600. The lowest BCUT2D eigenvalue weighted by atomic mass is 9.96. The molecule has 8 heteroatoms. The Hall–Kier alpha value is -5.03. The number of phenolic OH excluding ortho intramolecular Hbond substituents is 1. The van der Waals surface area contributed by atoms with Crippen molar-refractivity contribution in [1.82, 2.24) is 14.8 Å². The summed E-state index contributed by atoms with van der Waals surface area (Å²) in [6.07, 6.45) is 0. The van der Waals surface area contributed by atoms with Crippen LogP contribution in [0.25, 0.3) is 44.0 Å². The van der Waals surface area contributed by atoms with E-state index >= 15 is 0 Å². The number of nitrogens with zero attached hydrogens (tertiary/aromatic N) is 5. The maximum Gasteiger partial charge on any atom is 0.269 e. The fourth-order valence-corrected chi connectivity index (χ4v) is 4.05. The highest BCUT2D eigenvalue weighted by atomic mass is 16.6. The van der Waals surface area contributed by atoms with Crippen LogP contribution in [-0.4, -0.2) is 24.8 Å². The minimum absolute atomic E-state index is 0.0291. The van der Waals surface area contributed by atoms with Gasteiger partial charge in [0.1, 0.15) is 5.75 Å². The van der Waals surface area contributed by atoms with Crippen LogP contribution in [0.2, 0.25) is 0 Å². The van der Waals surface area contributed by atoms with Gasteiger partial charge in [-0.1, -0.05) is 36.4 Å². The van der Waals surface area contributed by atoms with E-state index in [1.54, 1.807) is 41.1 Å². The van der Waals surface area contributed by atoms with Gasteiger partial charge in [-0.05, 0) is 42.8 Å². The summed E-state index contributed by atoms with van der Waals surface area (Å²) in [4.78, 5) is 19.3. The van der Waals surface area contributed by atoms with Gasteiger partial charge < -0.3 is 5.11 Å². The zero-order valence-electron chi connectivity index (χ0n) is 18.0. The number of fused-ring (bicyclic) bond motifs is 1. The molecule has 34 heavy (non-hydrogen) atoms. The maximum absolute atomic E-state index is 11.1. The van der Waals surface area contributed by atoms with Crippen molar-refractivity contribution in [2.24, 2.45) is 0 Å². The number of phenols is 1. The quantitative estimate of drug-likeness (QED) is 0.200. The number of hydrogen-bond acceptors (Lipinski definition) is 5. The maximum atomic E-state index is 11.1. The third-order valence-electron chi connectivity index (χ3n) is 5.60. The van der Waals surface area contributed by atoms with Crippen LogP contribution >= 0.6 is 0 Å². The number of hydrogen-bond donors (Lipinski definition) is 1. The zero-order valence-corrected chi connectivity index (χ0v) is 18.0. The molecule has 3 aromatic carbocycles. The average molecular weight is 447 g/mol. The second kappa shape index (κ2) is 8.15. The molecule has 0 fully saturated rings. The summed E-state index contributed by atoms with van der Waals surface area (Å²) in [7, 11) is 0. The fourth-order valence-electron chi connectivity index (χ4n) is 4.05. The van der Waals surface area contributed by atoms with Crippen LogP contribution in [0, 0.1) is 23.6 Å². The van der Waals surface area contributed by atoms with Gasteiger partial charge >= 0.3 is 0 Å². The Labute approximate surface area is 194 Å². The van der Waals surface area contributed by atoms with E-state index in [9.17, 15) is 15.2 Å². The van der Waals surface area contributed by atoms with E-state index < -0.39 is 4.92 Å². The Morgan fingerprint density at radius 2 is 1.68 bits per heavy atom. The lowest BCUT2D eigenvalue weighted by molar-refractivity contribution is -0.384. The first kappa shape index (κ1) is 20.8. The van der Waals surface area contributed by atoms with Crippen LogP contribution in [0.15, 0.2) is 78.9 Å². The van der Waals surface area contributed by atoms with Crippen molar-refractivity contribution < 1.29 is 10.0 Å². The molecule has 5 aromatic rings. The molecule has 8 nitrogen and oxygen atoms in total. The van der Waals surface area contributed by atoms with Gasteiger partial charge in [0.25, 0.3) is 5.69 Å². The summed E-state index contributed by atoms with van der Waals surface area (Å²) in [5.74, 6) is 0.0291. The van der Waals surface area contributed by atoms with Crippen LogP contribution in [0.1, 0.15) is 5.69 Å². The molecule has 0 saturated heterocycles. The standard InChI is InChI=1S/C26H17N5O3/c1-16-22-23(20-10-6-7-11-21(20)32)25(27-2)24(17-12-14-19(15-13-17)31(33)34)28-26(22)30(29-16)18-8-4-3-5-9-18/h3-15,32H,1H3. The van der Waals surface area contributed by atoms with Gasteiger partial charge in [-0.15, -0.1) is 0 Å². The number of nitro benzene ring substituents is 1. The summed E-state index contributed by atoms with van der Waals surface area (Å²) < 4.78 is 1.71.